The summed E-state index contributed by atoms with van der Waals surface area (Å²) >= 11 is 0. The Morgan fingerprint density at radius 1 is 1.40 bits per heavy atom. The summed E-state index contributed by atoms with van der Waals surface area (Å²) < 4.78 is 22.1. The Kier molecular flexibility index (Phi) is 5.82. The molecule has 1 amide bonds. The van der Waals surface area contributed by atoms with E-state index in [-0.39, 0.29) is 12.5 Å². The first-order valence-electron chi connectivity index (χ1n) is 4.86. The fraction of sp³-hybridized carbons (Fsp3) is 0.889. The molecule has 0 aromatic heterocycles. The maximum Gasteiger partial charge on any atom is 0.238 e. The first-order valence-corrected chi connectivity index (χ1v) is 6.82. The molecule has 0 saturated carbocycles. The van der Waals surface area contributed by atoms with Gasteiger partial charge in [0.05, 0.1) is 0 Å². The lowest BCUT2D eigenvalue weighted by Crippen LogP contribution is -2.39. The van der Waals surface area contributed by atoms with E-state index in [2.05, 4.69) is 5.32 Å². The molecule has 0 fully saturated rings. The predicted octanol–water partition coefficient (Wildman–Crippen LogP) is -0.446. The zero-order valence-corrected chi connectivity index (χ0v) is 10.2. The lowest BCUT2D eigenvalue weighted by atomic mass is 10.1. The molecule has 0 aromatic carbocycles. The van der Waals surface area contributed by atoms with E-state index in [1.807, 2.05) is 6.92 Å². The van der Waals surface area contributed by atoms with Gasteiger partial charge in [-0.2, -0.15) is 0 Å². The molecule has 0 heterocycles. The minimum atomic E-state index is -3.32. The highest BCUT2D eigenvalue weighted by atomic mass is 32.2. The molecule has 15 heavy (non-hydrogen) atoms. The van der Waals surface area contributed by atoms with Gasteiger partial charge in [-0.05, 0) is 19.3 Å². The fourth-order valence-electron chi connectivity index (χ4n) is 0.935. The van der Waals surface area contributed by atoms with Crippen LogP contribution in [0, 0.1) is 5.92 Å². The highest BCUT2D eigenvalue weighted by molar-refractivity contribution is 7.92. The summed E-state index contributed by atoms with van der Waals surface area (Å²) in [7, 11) is -3.32. The number of hydrogen-bond donors (Lipinski definition) is 2. The molecule has 0 rings (SSSR count). The third kappa shape index (κ3) is 5.74. The van der Waals surface area contributed by atoms with Gasteiger partial charge in [0.1, 0.15) is 5.25 Å². The number of carbonyl (C=O) groups excluding carboxylic acids is 1. The van der Waals surface area contributed by atoms with Crippen molar-refractivity contribution in [3.63, 3.8) is 0 Å². The quantitative estimate of drug-likeness (QED) is 0.655. The van der Waals surface area contributed by atoms with Gasteiger partial charge in [-0.3, -0.25) is 4.79 Å². The van der Waals surface area contributed by atoms with Crippen LogP contribution >= 0.6 is 0 Å². The summed E-state index contributed by atoms with van der Waals surface area (Å²) in [5.41, 5.74) is 0. The van der Waals surface area contributed by atoms with Crippen LogP contribution in [0.2, 0.25) is 0 Å². The average molecular weight is 237 g/mol. The molecule has 2 N–H and O–H groups in total. The molecule has 0 saturated heterocycles. The van der Waals surface area contributed by atoms with Crippen LogP contribution in [0.25, 0.3) is 0 Å². The number of aliphatic hydroxyl groups excluding tert-OH is 1. The monoisotopic (exact) mass is 237 g/mol. The Morgan fingerprint density at radius 2 is 1.93 bits per heavy atom. The average Bonchev–Trinajstić information content (AvgIpc) is 2.12. The zero-order chi connectivity index (χ0) is 12.1. The summed E-state index contributed by atoms with van der Waals surface area (Å²) in [6.07, 6.45) is 1.63. The van der Waals surface area contributed by atoms with Gasteiger partial charge < -0.3 is 10.4 Å². The highest BCUT2D eigenvalue weighted by Crippen LogP contribution is 2.01. The summed E-state index contributed by atoms with van der Waals surface area (Å²) in [4.78, 5) is 11.3. The molecule has 6 heteroatoms. The summed E-state index contributed by atoms with van der Waals surface area (Å²) in [6.45, 7) is 3.70. The minimum absolute atomic E-state index is 0.0681. The van der Waals surface area contributed by atoms with E-state index < -0.39 is 21.0 Å². The smallest absolute Gasteiger partial charge is 0.238 e. The van der Waals surface area contributed by atoms with Gasteiger partial charge in [0.15, 0.2) is 9.84 Å². The number of sulfone groups is 1. The molecule has 0 aliphatic heterocycles. The van der Waals surface area contributed by atoms with Crippen molar-refractivity contribution in [3.8, 4) is 0 Å². The van der Waals surface area contributed by atoms with Crippen LogP contribution in [0.15, 0.2) is 0 Å². The molecule has 2 atom stereocenters. The Bertz CT molecular complexity index is 299. The Morgan fingerprint density at radius 3 is 2.33 bits per heavy atom. The number of amides is 1. The molecule has 0 aliphatic carbocycles. The van der Waals surface area contributed by atoms with Crippen LogP contribution in [0.1, 0.15) is 20.3 Å². The van der Waals surface area contributed by atoms with Gasteiger partial charge in [-0.15, -0.1) is 0 Å². The molecular weight excluding hydrogens is 218 g/mol. The van der Waals surface area contributed by atoms with Crippen LogP contribution < -0.4 is 5.32 Å². The van der Waals surface area contributed by atoms with Crippen molar-refractivity contribution in [2.24, 2.45) is 5.92 Å². The van der Waals surface area contributed by atoms with Gasteiger partial charge in [0.25, 0.3) is 0 Å². The van der Waals surface area contributed by atoms with Gasteiger partial charge in [0.2, 0.25) is 5.91 Å². The number of hydrogen-bond acceptors (Lipinski definition) is 4. The number of carbonyl (C=O) groups is 1. The zero-order valence-electron chi connectivity index (χ0n) is 9.36. The SMILES string of the molecule is CC(CCO)CNC(=O)C(C)S(C)(=O)=O. The predicted molar refractivity (Wildman–Crippen MR) is 58.2 cm³/mol. The third-order valence-corrected chi connectivity index (χ3v) is 3.76. The lowest BCUT2D eigenvalue weighted by molar-refractivity contribution is -0.120. The molecule has 0 aliphatic rings. The van der Waals surface area contributed by atoms with E-state index in [4.69, 9.17) is 5.11 Å². The Labute approximate surface area is 90.8 Å². The second-order valence-corrected chi connectivity index (χ2v) is 6.20. The van der Waals surface area contributed by atoms with Crippen molar-refractivity contribution in [2.75, 3.05) is 19.4 Å². The Balaban J connectivity index is 4.05. The Hall–Kier alpha value is -0.620. The van der Waals surface area contributed by atoms with Crippen LogP contribution in [-0.4, -0.2) is 44.1 Å². The topological polar surface area (TPSA) is 83.5 Å². The maximum atomic E-state index is 11.3. The summed E-state index contributed by atoms with van der Waals surface area (Å²) in [5, 5.41) is 10.2. The van der Waals surface area contributed by atoms with E-state index >= 15 is 0 Å². The molecule has 0 radical (unpaired) electrons. The van der Waals surface area contributed by atoms with Gasteiger partial charge in [0, 0.05) is 19.4 Å². The van der Waals surface area contributed by atoms with E-state index in [0.29, 0.717) is 13.0 Å². The molecule has 0 bridgehead atoms. The molecule has 5 nitrogen and oxygen atoms in total. The lowest BCUT2D eigenvalue weighted by Gasteiger charge is -2.13. The van der Waals surface area contributed by atoms with Crippen LogP contribution in [0.3, 0.4) is 0 Å². The number of aliphatic hydroxyl groups is 1. The summed E-state index contributed by atoms with van der Waals surface area (Å²) in [6, 6.07) is 0. The molecular formula is C9H19NO4S. The second kappa shape index (κ2) is 6.07. The molecule has 0 spiro atoms. The number of nitrogens with one attached hydrogen (secondary N) is 1. The summed E-state index contributed by atoms with van der Waals surface area (Å²) in [5.74, 6) is -0.340. The van der Waals surface area contributed by atoms with Crippen molar-refractivity contribution >= 4 is 15.7 Å². The second-order valence-electron chi connectivity index (χ2n) is 3.83. The van der Waals surface area contributed by atoms with Crippen molar-refractivity contribution in [3.05, 3.63) is 0 Å². The van der Waals surface area contributed by atoms with Gasteiger partial charge in [-0.1, -0.05) is 6.92 Å². The van der Waals surface area contributed by atoms with E-state index in [1.54, 1.807) is 0 Å². The van der Waals surface area contributed by atoms with Crippen LogP contribution in [-0.2, 0) is 14.6 Å². The van der Waals surface area contributed by atoms with Crippen molar-refractivity contribution in [1.29, 1.82) is 0 Å². The highest BCUT2D eigenvalue weighted by Gasteiger charge is 2.23. The standard InChI is InChI=1S/C9H19NO4S/c1-7(4-5-11)6-10-9(12)8(2)15(3,13)14/h7-8,11H,4-6H2,1-3H3,(H,10,12). The maximum absolute atomic E-state index is 11.3. The third-order valence-electron chi connectivity index (χ3n) is 2.26. The van der Waals surface area contributed by atoms with E-state index in [0.717, 1.165) is 6.26 Å². The number of rotatable bonds is 6. The first kappa shape index (κ1) is 14.4. The van der Waals surface area contributed by atoms with Crippen molar-refractivity contribution in [1.82, 2.24) is 5.32 Å². The first-order chi connectivity index (χ1) is 6.79. The van der Waals surface area contributed by atoms with Crippen LogP contribution in [0.4, 0.5) is 0 Å². The fourth-order valence-corrected chi connectivity index (χ4v) is 1.41. The van der Waals surface area contributed by atoms with Crippen molar-refractivity contribution < 1.29 is 18.3 Å². The normalized spacial score (nSPS) is 15.7. The molecule has 90 valence electrons. The van der Waals surface area contributed by atoms with Crippen molar-refractivity contribution in [2.45, 2.75) is 25.5 Å². The van der Waals surface area contributed by atoms with E-state index in [1.165, 1.54) is 6.92 Å². The van der Waals surface area contributed by atoms with Crippen LogP contribution in [0.5, 0.6) is 0 Å². The largest absolute Gasteiger partial charge is 0.396 e. The molecule has 0 aromatic rings. The van der Waals surface area contributed by atoms with Gasteiger partial charge in [-0.25, -0.2) is 8.42 Å². The molecule has 2 unspecified atom stereocenters. The van der Waals surface area contributed by atoms with E-state index in [9.17, 15) is 13.2 Å². The minimum Gasteiger partial charge on any atom is -0.396 e. The van der Waals surface area contributed by atoms with Gasteiger partial charge >= 0.3 is 0 Å².